The first-order valence-electron chi connectivity index (χ1n) is 6.43. The second kappa shape index (κ2) is 6.87. The van der Waals surface area contributed by atoms with Crippen molar-refractivity contribution in [1.29, 1.82) is 0 Å². The molecule has 1 fully saturated rings. The van der Waals surface area contributed by atoms with Crippen molar-refractivity contribution in [2.45, 2.75) is 6.54 Å². The zero-order chi connectivity index (χ0) is 14.7. The molecule has 0 saturated carbocycles. The first-order valence-corrected chi connectivity index (χ1v) is 8.42. The minimum absolute atomic E-state index is 0.196. The SMILES string of the molecule is Clc1nc(NCc2ccc(Br)s2)nc(N2CCOCC2)n1. The number of rotatable bonds is 4. The van der Waals surface area contributed by atoms with Crippen LogP contribution in [0.15, 0.2) is 15.9 Å². The Balaban J connectivity index is 1.71. The van der Waals surface area contributed by atoms with Gasteiger partial charge in [0.15, 0.2) is 0 Å². The largest absolute Gasteiger partial charge is 0.378 e. The van der Waals surface area contributed by atoms with Gasteiger partial charge in [-0.15, -0.1) is 11.3 Å². The fourth-order valence-electron chi connectivity index (χ4n) is 1.94. The quantitative estimate of drug-likeness (QED) is 0.866. The molecule has 0 aliphatic carbocycles. The topological polar surface area (TPSA) is 63.2 Å². The molecule has 9 heteroatoms. The molecule has 2 aromatic rings. The smallest absolute Gasteiger partial charge is 0.231 e. The van der Waals surface area contributed by atoms with Gasteiger partial charge >= 0.3 is 0 Å². The molecule has 21 heavy (non-hydrogen) atoms. The number of nitrogens with zero attached hydrogens (tertiary/aromatic N) is 4. The van der Waals surface area contributed by atoms with Crippen LogP contribution >= 0.6 is 38.9 Å². The normalized spacial score (nSPS) is 15.2. The lowest BCUT2D eigenvalue weighted by Gasteiger charge is -2.26. The highest BCUT2D eigenvalue weighted by molar-refractivity contribution is 9.11. The fourth-order valence-corrected chi connectivity index (χ4v) is 3.51. The molecule has 0 aromatic carbocycles. The van der Waals surface area contributed by atoms with E-state index in [4.69, 9.17) is 16.3 Å². The van der Waals surface area contributed by atoms with Gasteiger partial charge in [-0.05, 0) is 39.7 Å². The highest BCUT2D eigenvalue weighted by Gasteiger charge is 2.16. The molecular weight excluding hydrogens is 378 g/mol. The van der Waals surface area contributed by atoms with Crippen LogP contribution < -0.4 is 10.2 Å². The van der Waals surface area contributed by atoms with Gasteiger partial charge in [-0.2, -0.15) is 15.0 Å². The molecule has 3 heterocycles. The number of ether oxygens (including phenoxy) is 1. The fraction of sp³-hybridized carbons (Fsp3) is 0.417. The van der Waals surface area contributed by atoms with Crippen molar-refractivity contribution in [2.75, 3.05) is 36.5 Å². The number of thiophene rings is 1. The first-order chi connectivity index (χ1) is 10.2. The second-order valence-electron chi connectivity index (χ2n) is 4.39. The summed E-state index contributed by atoms with van der Waals surface area (Å²) < 4.78 is 6.42. The maximum absolute atomic E-state index is 5.99. The molecule has 3 rings (SSSR count). The van der Waals surface area contributed by atoms with Gasteiger partial charge in [0.25, 0.3) is 0 Å². The summed E-state index contributed by atoms with van der Waals surface area (Å²) in [6.45, 7) is 3.53. The predicted molar refractivity (Wildman–Crippen MR) is 87.2 cm³/mol. The van der Waals surface area contributed by atoms with E-state index in [9.17, 15) is 0 Å². The monoisotopic (exact) mass is 389 g/mol. The molecule has 1 N–H and O–H groups in total. The van der Waals surface area contributed by atoms with Crippen LogP contribution in [0.2, 0.25) is 5.28 Å². The molecule has 0 atom stereocenters. The standard InChI is InChI=1S/C12H13BrClN5OS/c13-9-2-1-8(21-9)7-15-11-16-10(14)17-12(18-11)19-3-5-20-6-4-19/h1-2H,3-7H2,(H,15,16,17,18). The molecule has 1 saturated heterocycles. The third kappa shape index (κ3) is 4.03. The lowest BCUT2D eigenvalue weighted by Crippen LogP contribution is -2.37. The van der Waals surface area contributed by atoms with Crippen LogP contribution in [0.4, 0.5) is 11.9 Å². The number of hydrogen-bond donors (Lipinski definition) is 1. The number of hydrogen-bond acceptors (Lipinski definition) is 7. The van der Waals surface area contributed by atoms with Crippen LogP contribution in [0.5, 0.6) is 0 Å². The maximum atomic E-state index is 5.99. The van der Waals surface area contributed by atoms with E-state index >= 15 is 0 Å². The highest BCUT2D eigenvalue weighted by atomic mass is 79.9. The third-order valence-corrected chi connectivity index (χ3v) is 4.73. The van der Waals surface area contributed by atoms with Crippen molar-refractivity contribution in [3.05, 3.63) is 26.1 Å². The Bertz CT molecular complexity index is 619. The van der Waals surface area contributed by atoms with Crippen LogP contribution in [-0.2, 0) is 11.3 Å². The van der Waals surface area contributed by atoms with E-state index in [1.54, 1.807) is 11.3 Å². The van der Waals surface area contributed by atoms with Crippen molar-refractivity contribution in [3.63, 3.8) is 0 Å². The number of nitrogens with one attached hydrogen (secondary N) is 1. The molecule has 0 bridgehead atoms. The third-order valence-electron chi connectivity index (χ3n) is 2.94. The molecule has 0 spiro atoms. The molecule has 112 valence electrons. The number of aromatic nitrogens is 3. The molecule has 2 aromatic heterocycles. The summed E-state index contributed by atoms with van der Waals surface area (Å²) in [4.78, 5) is 16.0. The summed E-state index contributed by atoms with van der Waals surface area (Å²) >= 11 is 11.1. The Morgan fingerprint density at radius 3 is 2.81 bits per heavy atom. The Labute approximate surface area is 139 Å². The van der Waals surface area contributed by atoms with Gasteiger partial charge in [0.2, 0.25) is 17.2 Å². The van der Waals surface area contributed by atoms with Crippen LogP contribution in [0.1, 0.15) is 4.88 Å². The van der Waals surface area contributed by atoms with E-state index in [0.717, 1.165) is 16.9 Å². The molecule has 0 unspecified atom stereocenters. The summed E-state index contributed by atoms with van der Waals surface area (Å²) in [5.41, 5.74) is 0. The number of anilines is 2. The van der Waals surface area contributed by atoms with E-state index < -0.39 is 0 Å². The molecular formula is C12H13BrClN5OS. The Morgan fingerprint density at radius 1 is 1.29 bits per heavy atom. The van der Waals surface area contributed by atoms with Crippen molar-refractivity contribution in [2.24, 2.45) is 0 Å². The minimum Gasteiger partial charge on any atom is -0.378 e. The molecule has 1 aliphatic heterocycles. The molecule has 0 amide bonds. The lowest BCUT2D eigenvalue weighted by molar-refractivity contribution is 0.122. The summed E-state index contributed by atoms with van der Waals surface area (Å²) in [6, 6.07) is 4.06. The van der Waals surface area contributed by atoms with Gasteiger partial charge < -0.3 is 15.0 Å². The lowest BCUT2D eigenvalue weighted by atomic mass is 10.4. The summed E-state index contributed by atoms with van der Waals surface area (Å²) in [6.07, 6.45) is 0. The zero-order valence-corrected chi connectivity index (χ0v) is 14.2. The second-order valence-corrected chi connectivity index (χ2v) is 7.27. The van der Waals surface area contributed by atoms with E-state index in [1.165, 1.54) is 4.88 Å². The van der Waals surface area contributed by atoms with Crippen LogP contribution in [0.3, 0.4) is 0 Å². The van der Waals surface area contributed by atoms with Gasteiger partial charge in [0.05, 0.1) is 23.5 Å². The van der Waals surface area contributed by atoms with Crippen molar-refractivity contribution in [3.8, 4) is 0 Å². The van der Waals surface area contributed by atoms with Crippen LogP contribution in [-0.4, -0.2) is 41.3 Å². The van der Waals surface area contributed by atoms with E-state index in [1.807, 2.05) is 17.0 Å². The first kappa shape index (κ1) is 15.0. The van der Waals surface area contributed by atoms with Crippen LogP contribution in [0, 0.1) is 0 Å². The predicted octanol–water partition coefficient (Wildman–Crippen LogP) is 2.80. The van der Waals surface area contributed by atoms with Gasteiger partial charge in [0, 0.05) is 18.0 Å². The van der Waals surface area contributed by atoms with E-state index in [-0.39, 0.29) is 5.28 Å². The van der Waals surface area contributed by atoms with Gasteiger partial charge in [-0.1, -0.05) is 0 Å². The van der Waals surface area contributed by atoms with Gasteiger partial charge in [0.1, 0.15) is 0 Å². The zero-order valence-electron chi connectivity index (χ0n) is 11.1. The van der Waals surface area contributed by atoms with E-state index in [0.29, 0.717) is 31.7 Å². The average molecular weight is 391 g/mol. The maximum Gasteiger partial charge on any atom is 0.231 e. The van der Waals surface area contributed by atoms with Crippen molar-refractivity contribution >= 4 is 50.8 Å². The van der Waals surface area contributed by atoms with Gasteiger partial charge in [-0.25, -0.2) is 0 Å². The Hall–Kier alpha value is -0.960. The summed E-state index contributed by atoms with van der Waals surface area (Å²) in [5.74, 6) is 1.08. The highest BCUT2D eigenvalue weighted by Crippen LogP contribution is 2.23. The molecule has 0 radical (unpaired) electrons. The Kier molecular flexibility index (Phi) is 4.89. The number of morpholine rings is 1. The van der Waals surface area contributed by atoms with Crippen molar-refractivity contribution < 1.29 is 4.74 Å². The Morgan fingerprint density at radius 2 is 2.10 bits per heavy atom. The summed E-state index contributed by atoms with van der Waals surface area (Å²) in [7, 11) is 0. The minimum atomic E-state index is 0.196. The van der Waals surface area contributed by atoms with Crippen molar-refractivity contribution in [1.82, 2.24) is 15.0 Å². The van der Waals surface area contributed by atoms with E-state index in [2.05, 4.69) is 36.2 Å². The average Bonchev–Trinajstić information content (AvgIpc) is 2.91. The number of halogens is 2. The van der Waals surface area contributed by atoms with Gasteiger partial charge in [-0.3, -0.25) is 0 Å². The molecule has 1 aliphatic rings. The van der Waals surface area contributed by atoms with Crippen LogP contribution in [0.25, 0.3) is 0 Å². The summed E-state index contributed by atoms with van der Waals surface area (Å²) in [5, 5.41) is 3.38. The molecule has 6 nitrogen and oxygen atoms in total.